The van der Waals surface area contributed by atoms with Crippen molar-refractivity contribution in [1.29, 1.82) is 0 Å². The van der Waals surface area contributed by atoms with Crippen LogP contribution in [0, 0.1) is 11.8 Å². The van der Waals surface area contributed by atoms with Gasteiger partial charge < -0.3 is 19.5 Å². The minimum Gasteiger partial charge on any atom is -0.507 e. The maximum absolute atomic E-state index is 11.8. The highest BCUT2D eigenvalue weighted by molar-refractivity contribution is 5.94. The SMILES string of the molecule is COC(=O)c1cccc(C#Cc2cc(C(=O)OC)c(O)cc2N(C)C)c1. The third kappa shape index (κ3) is 4.14. The minimum absolute atomic E-state index is 0.0331. The average molecular weight is 353 g/mol. The van der Waals surface area contributed by atoms with Gasteiger partial charge in [0.1, 0.15) is 11.3 Å². The fourth-order valence-electron chi connectivity index (χ4n) is 2.30. The number of phenols is 1. The van der Waals surface area contributed by atoms with Crippen molar-refractivity contribution in [2.24, 2.45) is 0 Å². The highest BCUT2D eigenvalue weighted by Gasteiger charge is 2.16. The number of anilines is 1. The Balaban J connectivity index is 2.51. The summed E-state index contributed by atoms with van der Waals surface area (Å²) in [7, 11) is 6.16. The molecule has 2 aromatic carbocycles. The molecule has 0 fully saturated rings. The molecular formula is C20H19NO5. The van der Waals surface area contributed by atoms with Gasteiger partial charge in [0.15, 0.2) is 0 Å². The van der Waals surface area contributed by atoms with Gasteiger partial charge in [0, 0.05) is 31.3 Å². The smallest absolute Gasteiger partial charge is 0.341 e. The van der Waals surface area contributed by atoms with E-state index in [0.29, 0.717) is 22.4 Å². The number of esters is 2. The number of carbonyl (C=O) groups excluding carboxylic acids is 2. The third-order valence-electron chi connectivity index (χ3n) is 3.63. The summed E-state index contributed by atoms with van der Waals surface area (Å²) in [6.07, 6.45) is 0. The van der Waals surface area contributed by atoms with E-state index >= 15 is 0 Å². The number of nitrogens with zero attached hydrogens (tertiary/aromatic N) is 1. The van der Waals surface area contributed by atoms with E-state index in [-0.39, 0.29) is 11.3 Å². The molecule has 2 rings (SSSR count). The van der Waals surface area contributed by atoms with E-state index in [1.165, 1.54) is 26.4 Å². The van der Waals surface area contributed by atoms with Gasteiger partial charge in [0.05, 0.1) is 25.5 Å². The Bertz CT molecular complexity index is 906. The Hall–Kier alpha value is -3.46. The fourth-order valence-corrected chi connectivity index (χ4v) is 2.30. The van der Waals surface area contributed by atoms with Crippen LogP contribution in [0.2, 0.25) is 0 Å². The molecule has 0 saturated carbocycles. The molecule has 134 valence electrons. The molecule has 1 N–H and O–H groups in total. The van der Waals surface area contributed by atoms with Gasteiger partial charge in [-0.05, 0) is 24.3 Å². The molecule has 0 aromatic heterocycles. The Morgan fingerprint density at radius 2 is 1.69 bits per heavy atom. The van der Waals surface area contributed by atoms with Crippen LogP contribution in [-0.2, 0) is 9.47 Å². The molecule has 6 heteroatoms. The van der Waals surface area contributed by atoms with Crippen molar-refractivity contribution in [3.8, 4) is 17.6 Å². The first-order chi connectivity index (χ1) is 12.4. The highest BCUT2D eigenvalue weighted by Crippen LogP contribution is 2.28. The van der Waals surface area contributed by atoms with Gasteiger partial charge in [-0.25, -0.2) is 9.59 Å². The van der Waals surface area contributed by atoms with E-state index in [4.69, 9.17) is 4.74 Å². The van der Waals surface area contributed by atoms with Crippen molar-refractivity contribution in [2.75, 3.05) is 33.2 Å². The van der Waals surface area contributed by atoms with Crippen molar-refractivity contribution in [1.82, 2.24) is 0 Å². The third-order valence-corrected chi connectivity index (χ3v) is 3.63. The number of benzene rings is 2. The zero-order chi connectivity index (χ0) is 19.3. The minimum atomic E-state index is -0.649. The molecule has 0 unspecified atom stereocenters. The number of aromatic hydroxyl groups is 1. The van der Waals surface area contributed by atoms with Crippen LogP contribution >= 0.6 is 0 Å². The molecule has 0 heterocycles. The fraction of sp³-hybridized carbons (Fsp3) is 0.200. The lowest BCUT2D eigenvalue weighted by Crippen LogP contribution is -2.12. The summed E-state index contributed by atoms with van der Waals surface area (Å²) < 4.78 is 9.38. The summed E-state index contributed by atoms with van der Waals surface area (Å²) in [5.41, 5.74) is 2.23. The first kappa shape index (κ1) is 18.9. The molecule has 0 aliphatic rings. The Morgan fingerprint density at radius 3 is 2.31 bits per heavy atom. The van der Waals surface area contributed by atoms with Crippen molar-refractivity contribution in [3.05, 3.63) is 58.7 Å². The second-order valence-electron chi connectivity index (χ2n) is 5.59. The topological polar surface area (TPSA) is 76.1 Å². The number of methoxy groups -OCH3 is 2. The van der Waals surface area contributed by atoms with Crippen LogP contribution in [0.15, 0.2) is 36.4 Å². The molecule has 0 bridgehead atoms. The van der Waals surface area contributed by atoms with Crippen molar-refractivity contribution < 1.29 is 24.2 Å². The van der Waals surface area contributed by atoms with Gasteiger partial charge in [-0.3, -0.25) is 0 Å². The number of hydrogen-bond acceptors (Lipinski definition) is 6. The molecule has 2 aromatic rings. The quantitative estimate of drug-likeness (QED) is 0.675. The molecule has 6 nitrogen and oxygen atoms in total. The second kappa shape index (κ2) is 8.08. The van der Waals surface area contributed by atoms with E-state index in [1.54, 1.807) is 43.3 Å². The molecule has 0 spiro atoms. The molecular weight excluding hydrogens is 334 g/mol. The molecule has 0 radical (unpaired) electrons. The van der Waals surface area contributed by atoms with Gasteiger partial charge in [-0.1, -0.05) is 17.9 Å². The number of ether oxygens (including phenoxy) is 2. The van der Waals surface area contributed by atoms with E-state index in [1.807, 2.05) is 0 Å². The highest BCUT2D eigenvalue weighted by atomic mass is 16.5. The summed E-state index contributed by atoms with van der Waals surface area (Å²) >= 11 is 0. The number of carbonyl (C=O) groups is 2. The van der Waals surface area contributed by atoms with Gasteiger partial charge in [0.2, 0.25) is 0 Å². The molecule has 26 heavy (non-hydrogen) atoms. The van der Waals surface area contributed by atoms with Crippen LogP contribution in [-0.4, -0.2) is 45.4 Å². The lowest BCUT2D eigenvalue weighted by atomic mass is 10.1. The average Bonchev–Trinajstić information content (AvgIpc) is 2.65. The normalized spacial score (nSPS) is 9.69. The van der Waals surface area contributed by atoms with Crippen LogP contribution in [0.1, 0.15) is 31.8 Å². The lowest BCUT2D eigenvalue weighted by Gasteiger charge is -2.16. The van der Waals surface area contributed by atoms with E-state index < -0.39 is 11.9 Å². The maximum atomic E-state index is 11.8. The standard InChI is InChI=1S/C20H19NO5/c1-21(2)17-12-18(22)16(20(24)26-4)11-14(17)9-8-13-6-5-7-15(10-13)19(23)25-3/h5-7,10-12,22H,1-4H3. The number of phenolic OH excluding ortho intramolecular Hbond substituents is 1. The molecule has 0 saturated heterocycles. The van der Waals surface area contributed by atoms with Crippen molar-refractivity contribution in [3.63, 3.8) is 0 Å². The van der Waals surface area contributed by atoms with Crippen LogP contribution < -0.4 is 4.90 Å². The van der Waals surface area contributed by atoms with Gasteiger partial charge >= 0.3 is 11.9 Å². The Morgan fingerprint density at radius 1 is 1.00 bits per heavy atom. The van der Waals surface area contributed by atoms with E-state index in [0.717, 1.165) is 0 Å². The largest absolute Gasteiger partial charge is 0.507 e. The van der Waals surface area contributed by atoms with Gasteiger partial charge in [0.25, 0.3) is 0 Å². The van der Waals surface area contributed by atoms with Crippen LogP contribution in [0.4, 0.5) is 5.69 Å². The second-order valence-corrected chi connectivity index (χ2v) is 5.59. The Labute approximate surface area is 152 Å². The predicted molar refractivity (Wildman–Crippen MR) is 97.5 cm³/mol. The van der Waals surface area contributed by atoms with Crippen molar-refractivity contribution in [2.45, 2.75) is 0 Å². The first-order valence-corrected chi connectivity index (χ1v) is 7.70. The molecule has 0 amide bonds. The predicted octanol–water partition coefficient (Wildman–Crippen LogP) is 2.43. The summed E-state index contributed by atoms with van der Waals surface area (Å²) in [6, 6.07) is 9.67. The lowest BCUT2D eigenvalue weighted by molar-refractivity contribution is 0.0590. The maximum Gasteiger partial charge on any atom is 0.341 e. The van der Waals surface area contributed by atoms with E-state index in [2.05, 4.69) is 16.6 Å². The summed E-state index contributed by atoms with van der Waals surface area (Å²) in [4.78, 5) is 25.2. The van der Waals surface area contributed by atoms with Gasteiger partial charge in [-0.2, -0.15) is 0 Å². The summed E-state index contributed by atoms with van der Waals surface area (Å²) in [5, 5.41) is 10.0. The van der Waals surface area contributed by atoms with E-state index in [9.17, 15) is 14.7 Å². The van der Waals surface area contributed by atoms with Gasteiger partial charge in [-0.15, -0.1) is 0 Å². The summed E-state index contributed by atoms with van der Waals surface area (Å²) in [5.74, 6) is 4.66. The summed E-state index contributed by atoms with van der Waals surface area (Å²) in [6.45, 7) is 0. The zero-order valence-electron chi connectivity index (χ0n) is 15.0. The molecule has 0 aliphatic carbocycles. The van der Waals surface area contributed by atoms with Crippen LogP contribution in [0.5, 0.6) is 5.75 Å². The molecule has 0 atom stereocenters. The zero-order valence-corrected chi connectivity index (χ0v) is 15.0. The number of hydrogen-bond donors (Lipinski definition) is 1. The molecule has 0 aliphatic heterocycles. The number of rotatable bonds is 3. The first-order valence-electron chi connectivity index (χ1n) is 7.70. The van der Waals surface area contributed by atoms with Crippen molar-refractivity contribution >= 4 is 17.6 Å². The van der Waals surface area contributed by atoms with Crippen LogP contribution in [0.3, 0.4) is 0 Å². The monoisotopic (exact) mass is 353 g/mol. The van der Waals surface area contributed by atoms with Crippen LogP contribution in [0.25, 0.3) is 0 Å². The Kier molecular flexibility index (Phi) is 5.86.